The zero-order chi connectivity index (χ0) is 14.7. The van der Waals surface area contributed by atoms with E-state index in [1.54, 1.807) is 4.90 Å². The SMILES string of the molecule is CCN(CC(C)C#N)C(=O)c1cc2cc(N)ccc2s1. The summed E-state index contributed by atoms with van der Waals surface area (Å²) in [7, 11) is 0. The topological polar surface area (TPSA) is 70.1 Å². The normalized spacial score (nSPS) is 12.1. The molecule has 1 atom stereocenters. The Morgan fingerprint density at radius 2 is 2.25 bits per heavy atom. The first-order chi connectivity index (χ1) is 9.55. The summed E-state index contributed by atoms with van der Waals surface area (Å²) < 4.78 is 1.05. The van der Waals surface area contributed by atoms with Crippen molar-refractivity contribution in [2.75, 3.05) is 18.8 Å². The third-order valence-electron chi connectivity index (χ3n) is 3.13. The molecule has 0 aliphatic rings. The van der Waals surface area contributed by atoms with Crippen LogP contribution in [0.3, 0.4) is 0 Å². The zero-order valence-electron chi connectivity index (χ0n) is 11.6. The highest BCUT2D eigenvalue weighted by Crippen LogP contribution is 2.28. The molecule has 0 saturated carbocycles. The summed E-state index contributed by atoms with van der Waals surface area (Å²) >= 11 is 1.46. The van der Waals surface area contributed by atoms with E-state index in [1.165, 1.54) is 11.3 Å². The molecule has 0 spiro atoms. The van der Waals surface area contributed by atoms with Crippen LogP contribution in [0.5, 0.6) is 0 Å². The molecule has 1 amide bonds. The van der Waals surface area contributed by atoms with Crippen LogP contribution in [0.25, 0.3) is 10.1 Å². The van der Waals surface area contributed by atoms with Crippen LogP contribution in [0.4, 0.5) is 5.69 Å². The second-order valence-corrected chi connectivity index (χ2v) is 5.87. The number of carbonyl (C=O) groups is 1. The van der Waals surface area contributed by atoms with Gasteiger partial charge in [0.2, 0.25) is 0 Å². The number of nitrogen functional groups attached to an aromatic ring is 1. The molecule has 0 saturated heterocycles. The van der Waals surface area contributed by atoms with Gasteiger partial charge in [0.15, 0.2) is 0 Å². The molecule has 0 bridgehead atoms. The number of hydrogen-bond acceptors (Lipinski definition) is 4. The van der Waals surface area contributed by atoms with E-state index < -0.39 is 0 Å². The van der Waals surface area contributed by atoms with Crippen molar-refractivity contribution in [2.24, 2.45) is 5.92 Å². The number of hydrogen-bond donors (Lipinski definition) is 1. The fraction of sp³-hybridized carbons (Fsp3) is 0.333. The van der Waals surface area contributed by atoms with Crippen LogP contribution in [0.15, 0.2) is 24.3 Å². The lowest BCUT2D eigenvalue weighted by atomic mass is 10.2. The highest BCUT2D eigenvalue weighted by Gasteiger charge is 2.18. The number of amides is 1. The minimum Gasteiger partial charge on any atom is -0.399 e. The van der Waals surface area contributed by atoms with E-state index in [-0.39, 0.29) is 11.8 Å². The van der Waals surface area contributed by atoms with Gasteiger partial charge in [0.05, 0.1) is 16.9 Å². The van der Waals surface area contributed by atoms with Gasteiger partial charge in [-0.15, -0.1) is 11.3 Å². The average Bonchev–Trinajstić information content (AvgIpc) is 2.86. The first kappa shape index (κ1) is 14.4. The maximum atomic E-state index is 12.5. The van der Waals surface area contributed by atoms with Crippen LogP contribution in [-0.4, -0.2) is 23.9 Å². The third kappa shape index (κ3) is 2.91. The quantitative estimate of drug-likeness (QED) is 0.878. The fourth-order valence-electron chi connectivity index (χ4n) is 2.05. The molecule has 1 heterocycles. The van der Waals surface area contributed by atoms with Crippen LogP contribution in [0, 0.1) is 17.2 Å². The number of anilines is 1. The van der Waals surface area contributed by atoms with Crippen molar-refractivity contribution in [1.82, 2.24) is 4.90 Å². The van der Waals surface area contributed by atoms with Gasteiger partial charge in [-0.3, -0.25) is 4.79 Å². The van der Waals surface area contributed by atoms with Gasteiger partial charge in [-0.2, -0.15) is 5.26 Å². The van der Waals surface area contributed by atoms with Crippen molar-refractivity contribution in [3.05, 3.63) is 29.1 Å². The molecule has 0 aliphatic carbocycles. The van der Waals surface area contributed by atoms with Crippen molar-refractivity contribution in [1.29, 1.82) is 5.26 Å². The van der Waals surface area contributed by atoms with Crippen LogP contribution in [0.1, 0.15) is 23.5 Å². The minimum absolute atomic E-state index is 0.0191. The fourth-order valence-corrected chi connectivity index (χ4v) is 3.06. The summed E-state index contributed by atoms with van der Waals surface area (Å²) in [5, 5.41) is 9.87. The van der Waals surface area contributed by atoms with Crippen molar-refractivity contribution < 1.29 is 4.79 Å². The Bertz CT molecular complexity index is 671. The van der Waals surface area contributed by atoms with Gasteiger partial charge in [0.1, 0.15) is 0 Å². The molecule has 1 aromatic carbocycles. The van der Waals surface area contributed by atoms with Crippen molar-refractivity contribution in [2.45, 2.75) is 13.8 Å². The summed E-state index contributed by atoms with van der Waals surface area (Å²) in [6.45, 7) is 4.80. The summed E-state index contributed by atoms with van der Waals surface area (Å²) in [6, 6.07) is 9.67. The molecule has 0 radical (unpaired) electrons. The van der Waals surface area contributed by atoms with Crippen LogP contribution in [-0.2, 0) is 0 Å². The van der Waals surface area contributed by atoms with E-state index in [0.29, 0.717) is 23.7 Å². The Morgan fingerprint density at radius 3 is 2.90 bits per heavy atom. The second-order valence-electron chi connectivity index (χ2n) is 4.78. The molecule has 1 unspecified atom stereocenters. The van der Waals surface area contributed by atoms with Gasteiger partial charge < -0.3 is 10.6 Å². The molecule has 0 aliphatic heterocycles. The molecular formula is C15H17N3OS. The monoisotopic (exact) mass is 287 g/mol. The zero-order valence-corrected chi connectivity index (χ0v) is 12.4. The molecule has 0 fully saturated rings. The number of carbonyl (C=O) groups excluding carboxylic acids is 1. The maximum absolute atomic E-state index is 12.5. The number of rotatable bonds is 4. The lowest BCUT2D eigenvalue weighted by Gasteiger charge is -2.21. The first-order valence-corrected chi connectivity index (χ1v) is 7.34. The predicted molar refractivity (Wildman–Crippen MR) is 82.6 cm³/mol. The van der Waals surface area contributed by atoms with Crippen molar-refractivity contribution in [3.8, 4) is 6.07 Å². The van der Waals surface area contributed by atoms with E-state index in [1.807, 2.05) is 38.1 Å². The van der Waals surface area contributed by atoms with Gasteiger partial charge in [-0.1, -0.05) is 0 Å². The minimum atomic E-state index is -0.163. The Kier molecular flexibility index (Phi) is 4.26. The van der Waals surface area contributed by atoms with E-state index in [2.05, 4.69) is 6.07 Å². The number of fused-ring (bicyclic) bond motifs is 1. The highest BCUT2D eigenvalue weighted by atomic mass is 32.1. The predicted octanol–water partition coefficient (Wildman–Crippen LogP) is 3.11. The van der Waals surface area contributed by atoms with E-state index >= 15 is 0 Å². The molecule has 104 valence electrons. The lowest BCUT2D eigenvalue weighted by molar-refractivity contribution is 0.0757. The number of nitriles is 1. The van der Waals surface area contributed by atoms with E-state index in [0.717, 1.165) is 10.1 Å². The van der Waals surface area contributed by atoms with Crippen molar-refractivity contribution in [3.63, 3.8) is 0 Å². The maximum Gasteiger partial charge on any atom is 0.263 e. The van der Waals surface area contributed by atoms with E-state index in [9.17, 15) is 4.79 Å². The Morgan fingerprint density at radius 1 is 1.50 bits per heavy atom. The van der Waals surface area contributed by atoms with Gasteiger partial charge in [-0.05, 0) is 43.5 Å². The Balaban J connectivity index is 2.27. The van der Waals surface area contributed by atoms with Gasteiger partial charge in [0, 0.05) is 23.5 Å². The number of nitrogens with zero attached hydrogens (tertiary/aromatic N) is 2. The molecule has 2 aromatic rings. The van der Waals surface area contributed by atoms with Crippen LogP contribution >= 0.6 is 11.3 Å². The largest absolute Gasteiger partial charge is 0.399 e. The number of benzene rings is 1. The van der Waals surface area contributed by atoms with Crippen LogP contribution < -0.4 is 5.73 Å². The number of nitrogens with two attached hydrogens (primary N) is 1. The number of thiophene rings is 1. The highest BCUT2D eigenvalue weighted by molar-refractivity contribution is 7.20. The molecule has 20 heavy (non-hydrogen) atoms. The molecular weight excluding hydrogens is 270 g/mol. The van der Waals surface area contributed by atoms with Crippen molar-refractivity contribution >= 4 is 33.0 Å². The third-order valence-corrected chi connectivity index (χ3v) is 4.24. The van der Waals surface area contributed by atoms with Gasteiger partial charge >= 0.3 is 0 Å². The van der Waals surface area contributed by atoms with Gasteiger partial charge in [-0.25, -0.2) is 0 Å². The summed E-state index contributed by atoms with van der Waals surface area (Å²) in [5.41, 5.74) is 6.45. The molecule has 5 heteroatoms. The summed E-state index contributed by atoms with van der Waals surface area (Å²) in [6.07, 6.45) is 0. The van der Waals surface area contributed by atoms with Crippen LogP contribution in [0.2, 0.25) is 0 Å². The summed E-state index contributed by atoms with van der Waals surface area (Å²) in [4.78, 5) is 14.9. The molecule has 2 rings (SSSR count). The molecule has 4 nitrogen and oxygen atoms in total. The smallest absolute Gasteiger partial charge is 0.263 e. The average molecular weight is 287 g/mol. The molecule has 1 aromatic heterocycles. The van der Waals surface area contributed by atoms with Gasteiger partial charge in [0.25, 0.3) is 5.91 Å². The second kappa shape index (κ2) is 5.93. The summed E-state index contributed by atoms with van der Waals surface area (Å²) in [5.74, 6) is -0.182. The standard InChI is InChI=1S/C15H17N3OS/c1-3-18(9-10(2)8-16)15(19)14-7-11-6-12(17)4-5-13(11)20-14/h4-7,10H,3,9,17H2,1-2H3. The van der Waals surface area contributed by atoms with E-state index in [4.69, 9.17) is 11.0 Å². The Hall–Kier alpha value is -2.06. The Labute approximate surface area is 122 Å². The molecule has 2 N–H and O–H groups in total. The lowest BCUT2D eigenvalue weighted by Crippen LogP contribution is -2.33. The first-order valence-electron chi connectivity index (χ1n) is 6.53.